The van der Waals surface area contributed by atoms with Crippen LogP contribution in [0.2, 0.25) is 0 Å². The molecule has 1 unspecified atom stereocenters. The average molecular weight is 229 g/mol. The minimum atomic E-state index is -0.620. The van der Waals surface area contributed by atoms with Gasteiger partial charge in [-0.2, -0.15) is 0 Å². The molecule has 1 N–H and O–H groups in total. The second-order valence-electron chi connectivity index (χ2n) is 2.49. The standard InChI is InChI=1S/C9H9BrO2/c1-3-4-8(11)7-5-9(10)12-6(7)2/h1,5,8,11H,4H2,2H3. The van der Waals surface area contributed by atoms with Gasteiger partial charge in [-0.1, -0.05) is 0 Å². The van der Waals surface area contributed by atoms with Crippen LogP contribution in [0.3, 0.4) is 0 Å². The molecule has 0 bridgehead atoms. The smallest absolute Gasteiger partial charge is 0.169 e. The Morgan fingerprint density at radius 3 is 2.92 bits per heavy atom. The first-order valence-corrected chi connectivity index (χ1v) is 4.31. The van der Waals surface area contributed by atoms with Gasteiger partial charge in [-0.3, -0.25) is 0 Å². The van der Waals surface area contributed by atoms with Crippen LogP contribution in [0.25, 0.3) is 0 Å². The maximum atomic E-state index is 9.49. The third-order valence-corrected chi connectivity index (χ3v) is 1.99. The fourth-order valence-electron chi connectivity index (χ4n) is 1.01. The van der Waals surface area contributed by atoms with Crippen LogP contribution in [0.4, 0.5) is 0 Å². The number of hydrogen-bond acceptors (Lipinski definition) is 2. The molecule has 12 heavy (non-hydrogen) atoms. The first kappa shape index (κ1) is 9.37. The molecule has 0 fully saturated rings. The van der Waals surface area contributed by atoms with Gasteiger partial charge >= 0.3 is 0 Å². The summed E-state index contributed by atoms with van der Waals surface area (Å²) in [6.07, 6.45) is 4.76. The highest BCUT2D eigenvalue weighted by Crippen LogP contribution is 2.26. The van der Waals surface area contributed by atoms with Crippen LogP contribution in [-0.2, 0) is 0 Å². The summed E-state index contributed by atoms with van der Waals surface area (Å²) in [7, 11) is 0. The number of halogens is 1. The number of furan rings is 1. The first-order valence-electron chi connectivity index (χ1n) is 3.52. The Kier molecular flexibility index (Phi) is 2.96. The summed E-state index contributed by atoms with van der Waals surface area (Å²) in [6, 6.07) is 1.73. The van der Waals surface area contributed by atoms with E-state index >= 15 is 0 Å². The van der Waals surface area contributed by atoms with Gasteiger partial charge in [0.1, 0.15) is 5.76 Å². The molecule has 64 valence electrons. The molecule has 0 aliphatic heterocycles. The fourth-order valence-corrected chi connectivity index (χ4v) is 1.50. The molecule has 0 aliphatic carbocycles. The van der Waals surface area contributed by atoms with Crippen molar-refractivity contribution in [3.8, 4) is 12.3 Å². The van der Waals surface area contributed by atoms with Crippen LogP contribution >= 0.6 is 15.9 Å². The molecule has 0 aromatic carbocycles. The highest BCUT2D eigenvalue weighted by molar-refractivity contribution is 9.10. The van der Waals surface area contributed by atoms with Gasteiger partial charge in [0.2, 0.25) is 0 Å². The molecule has 0 spiro atoms. The maximum absolute atomic E-state index is 9.49. The van der Waals surface area contributed by atoms with Crippen LogP contribution in [-0.4, -0.2) is 5.11 Å². The van der Waals surface area contributed by atoms with E-state index in [0.29, 0.717) is 16.9 Å². The SMILES string of the molecule is C#CCC(O)c1cc(Br)oc1C. The number of aliphatic hydroxyl groups is 1. The minimum absolute atomic E-state index is 0.312. The van der Waals surface area contributed by atoms with Crippen molar-refractivity contribution in [2.45, 2.75) is 19.4 Å². The van der Waals surface area contributed by atoms with Gasteiger partial charge in [0.05, 0.1) is 6.10 Å². The second-order valence-corrected chi connectivity index (χ2v) is 3.27. The zero-order valence-corrected chi connectivity index (χ0v) is 8.26. The zero-order valence-electron chi connectivity index (χ0n) is 6.67. The van der Waals surface area contributed by atoms with E-state index in [9.17, 15) is 5.11 Å². The van der Waals surface area contributed by atoms with E-state index in [0.717, 1.165) is 5.56 Å². The second kappa shape index (κ2) is 3.79. The Bertz CT molecular complexity index is 309. The lowest BCUT2D eigenvalue weighted by molar-refractivity contribution is 0.182. The quantitative estimate of drug-likeness (QED) is 0.790. The van der Waals surface area contributed by atoms with Crippen molar-refractivity contribution in [1.29, 1.82) is 0 Å². The molecule has 1 aromatic heterocycles. The zero-order chi connectivity index (χ0) is 9.14. The molecule has 0 saturated carbocycles. The molecule has 0 radical (unpaired) electrons. The van der Waals surface area contributed by atoms with Crippen LogP contribution in [0.5, 0.6) is 0 Å². The normalized spacial score (nSPS) is 12.5. The molecule has 0 aliphatic rings. The van der Waals surface area contributed by atoms with Gasteiger partial charge < -0.3 is 9.52 Å². The number of terminal acetylenes is 1. The van der Waals surface area contributed by atoms with Gasteiger partial charge in [-0.15, -0.1) is 12.3 Å². The van der Waals surface area contributed by atoms with Crippen LogP contribution in [0.1, 0.15) is 23.8 Å². The Morgan fingerprint density at radius 2 is 2.50 bits per heavy atom. The average Bonchev–Trinajstić information content (AvgIpc) is 2.30. The summed E-state index contributed by atoms with van der Waals surface area (Å²) < 4.78 is 5.79. The van der Waals surface area contributed by atoms with E-state index in [1.54, 1.807) is 13.0 Å². The van der Waals surface area contributed by atoms with Crippen molar-refractivity contribution < 1.29 is 9.52 Å². The summed E-state index contributed by atoms with van der Waals surface area (Å²) in [5.74, 6) is 3.09. The summed E-state index contributed by atoms with van der Waals surface area (Å²) in [5, 5.41) is 9.49. The summed E-state index contributed by atoms with van der Waals surface area (Å²) in [4.78, 5) is 0. The van der Waals surface area contributed by atoms with Crippen molar-refractivity contribution in [1.82, 2.24) is 0 Å². The molecule has 1 aromatic rings. The van der Waals surface area contributed by atoms with Crippen molar-refractivity contribution in [2.24, 2.45) is 0 Å². The predicted octanol–water partition coefficient (Wildman–Crippen LogP) is 2.41. The fraction of sp³-hybridized carbons (Fsp3) is 0.333. The Hall–Kier alpha value is -0.720. The molecule has 0 saturated heterocycles. The lowest BCUT2D eigenvalue weighted by Crippen LogP contribution is -1.95. The lowest BCUT2D eigenvalue weighted by Gasteiger charge is -2.03. The molecule has 1 rings (SSSR count). The van der Waals surface area contributed by atoms with E-state index in [4.69, 9.17) is 10.8 Å². The molecule has 0 amide bonds. The molecule has 2 nitrogen and oxygen atoms in total. The Balaban J connectivity index is 2.88. The number of aliphatic hydroxyl groups excluding tert-OH is 1. The van der Waals surface area contributed by atoms with Gasteiger partial charge in [0.15, 0.2) is 4.67 Å². The van der Waals surface area contributed by atoms with E-state index in [1.807, 2.05) is 0 Å². The lowest BCUT2D eigenvalue weighted by atomic mass is 10.1. The van der Waals surface area contributed by atoms with Crippen LogP contribution in [0.15, 0.2) is 15.2 Å². The van der Waals surface area contributed by atoms with E-state index < -0.39 is 6.10 Å². The van der Waals surface area contributed by atoms with E-state index in [-0.39, 0.29) is 0 Å². The summed E-state index contributed by atoms with van der Waals surface area (Å²) >= 11 is 3.17. The molecular formula is C9H9BrO2. The first-order chi connectivity index (χ1) is 5.65. The third-order valence-electron chi connectivity index (χ3n) is 1.60. The molecule has 3 heteroatoms. The maximum Gasteiger partial charge on any atom is 0.169 e. The van der Waals surface area contributed by atoms with Crippen molar-refractivity contribution >= 4 is 15.9 Å². The van der Waals surface area contributed by atoms with Gasteiger partial charge in [0, 0.05) is 12.0 Å². The van der Waals surface area contributed by atoms with E-state index in [1.165, 1.54) is 0 Å². The topological polar surface area (TPSA) is 33.4 Å². The monoisotopic (exact) mass is 228 g/mol. The molecule has 1 atom stereocenters. The third kappa shape index (κ3) is 1.90. The number of aryl methyl sites for hydroxylation is 1. The highest BCUT2D eigenvalue weighted by atomic mass is 79.9. The van der Waals surface area contributed by atoms with Gasteiger partial charge in [0.25, 0.3) is 0 Å². The van der Waals surface area contributed by atoms with Crippen molar-refractivity contribution in [3.05, 3.63) is 22.1 Å². The predicted molar refractivity (Wildman–Crippen MR) is 49.6 cm³/mol. The van der Waals surface area contributed by atoms with Gasteiger partial charge in [-0.25, -0.2) is 0 Å². The van der Waals surface area contributed by atoms with Gasteiger partial charge in [-0.05, 0) is 28.9 Å². The van der Waals surface area contributed by atoms with Crippen molar-refractivity contribution in [3.63, 3.8) is 0 Å². The molecular weight excluding hydrogens is 220 g/mol. The number of rotatable bonds is 2. The minimum Gasteiger partial charge on any atom is -0.454 e. The number of hydrogen-bond donors (Lipinski definition) is 1. The van der Waals surface area contributed by atoms with E-state index in [2.05, 4.69) is 21.9 Å². The molecule has 1 heterocycles. The van der Waals surface area contributed by atoms with Crippen molar-refractivity contribution in [2.75, 3.05) is 0 Å². The summed E-state index contributed by atoms with van der Waals surface area (Å²) in [5.41, 5.74) is 0.750. The highest BCUT2D eigenvalue weighted by Gasteiger charge is 2.13. The summed E-state index contributed by atoms with van der Waals surface area (Å²) in [6.45, 7) is 1.79. The van der Waals surface area contributed by atoms with Crippen LogP contribution in [0, 0.1) is 19.3 Å². The largest absolute Gasteiger partial charge is 0.454 e. The Morgan fingerprint density at radius 1 is 1.83 bits per heavy atom. The van der Waals surface area contributed by atoms with Crippen LogP contribution < -0.4 is 0 Å². The Labute approximate surface area is 79.7 Å².